The molecule has 1 aromatic carbocycles. The van der Waals surface area contributed by atoms with Gasteiger partial charge in [-0.25, -0.2) is 0 Å². The summed E-state index contributed by atoms with van der Waals surface area (Å²) in [6, 6.07) is 11.7. The molecule has 19 heavy (non-hydrogen) atoms. The van der Waals surface area contributed by atoms with E-state index >= 15 is 0 Å². The largest absolute Gasteiger partial charge is 0.314 e. The molecule has 0 bridgehead atoms. The van der Waals surface area contributed by atoms with Crippen molar-refractivity contribution in [2.45, 2.75) is 51.0 Å². The van der Waals surface area contributed by atoms with Crippen LogP contribution in [0.4, 0.5) is 0 Å². The van der Waals surface area contributed by atoms with Crippen molar-refractivity contribution in [2.75, 3.05) is 6.54 Å². The lowest BCUT2D eigenvalue weighted by atomic mass is 10.0. The number of hydrogen-bond donors (Lipinski definition) is 1. The highest BCUT2D eigenvalue weighted by molar-refractivity contribution is 5.26. The van der Waals surface area contributed by atoms with E-state index in [1.807, 2.05) is 6.08 Å². The molecule has 1 nitrogen and oxygen atoms in total. The van der Waals surface area contributed by atoms with Crippen LogP contribution < -0.4 is 5.32 Å². The van der Waals surface area contributed by atoms with Gasteiger partial charge in [0.05, 0.1) is 0 Å². The Labute approximate surface area is 118 Å². The third-order valence-electron chi connectivity index (χ3n) is 4.16. The zero-order valence-corrected chi connectivity index (χ0v) is 12.1. The smallest absolute Gasteiger partial charge is 0.0101 e. The summed E-state index contributed by atoms with van der Waals surface area (Å²) >= 11 is 0. The maximum atomic E-state index is 3.82. The van der Waals surface area contributed by atoms with Gasteiger partial charge in [0.2, 0.25) is 0 Å². The maximum absolute atomic E-state index is 3.82. The molecule has 1 fully saturated rings. The molecular formula is C18H27N. The second kappa shape index (κ2) is 7.49. The van der Waals surface area contributed by atoms with E-state index in [1.165, 1.54) is 31.2 Å². The normalized spacial score (nSPS) is 23.0. The van der Waals surface area contributed by atoms with Crippen LogP contribution in [0.2, 0.25) is 0 Å². The van der Waals surface area contributed by atoms with Crippen LogP contribution in [0.5, 0.6) is 0 Å². The van der Waals surface area contributed by atoms with E-state index in [0.29, 0.717) is 6.04 Å². The molecule has 0 spiro atoms. The van der Waals surface area contributed by atoms with Gasteiger partial charge in [0, 0.05) is 6.04 Å². The Morgan fingerprint density at radius 3 is 2.84 bits per heavy atom. The van der Waals surface area contributed by atoms with Gasteiger partial charge in [0.1, 0.15) is 0 Å². The highest BCUT2D eigenvalue weighted by Crippen LogP contribution is 2.50. The van der Waals surface area contributed by atoms with Crippen molar-refractivity contribution >= 4 is 0 Å². The highest BCUT2D eigenvalue weighted by atomic mass is 14.9. The summed E-state index contributed by atoms with van der Waals surface area (Å²) in [4.78, 5) is 0. The minimum atomic E-state index is 0.699. The summed E-state index contributed by atoms with van der Waals surface area (Å²) in [5.41, 5.74) is 1.53. The maximum Gasteiger partial charge on any atom is 0.0101 e. The third-order valence-corrected chi connectivity index (χ3v) is 4.16. The standard InChI is InChI=1S/C18H27N/c1-3-5-7-12-18(19-13-4-2)17-14-16(17)15-10-8-6-9-11-15/h3,6,8-11,16-19H,1,4-5,7,12-14H2,2H3. The van der Waals surface area contributed by atoms with Crippen molar-refractivity contribution in [1.29, 1.82) is 0 Å². The van der Waals surface area contributed by atoms with Crippen molar-refractivity contribution < 1.29 is 0 Å². The SMILES string of the molecule is C=CCCCC(NCCC)C1CC1c1ccccc1. The number of nitrogens with one attached hydrogen (secondary N) is 1. The lowest BCUT2D eigenvalue weighted by Crippen LogP contribution is -2.32. The monoisotopic (exact) mass is 257 g/mol. The molecule has 1 aliphatic carbocycles. The first-order valence-electron chi connectivity index (χ1n) is 7.76. The second-order valence-corrected chi connectivity index (χ2v) is 5.70. The van der Waals surface area contributed by atoms with Crippen LogP contribution in [-0.2, 0) is 0 Å². The summed E-state index contributed by atoms with van der Waals surface area (Å²) in [6.45, 7) is 7.22. The van der Waals surface area contributed by atoms with Gasteiger partial charge >= 0.3 is 0 Å². The van der Waals surface area contributed by atoms with Crippen LogP contribution in [0.15, 0.2) is 43.0 Å². The molecular weight excluding hydrogens is 230 g/mol. The van der Waals surface area contributed by atoms with Gasteiger partial charge in [-0.15, -0.1) is 6.58 Å². The van der Waals surface area contributed by atoms with E-state index in [2.05, 4.69) is 49.2 Å². The molecule has 0 saturated heterocycles. The number of allylic oxidation sites excluding steroid dienone is 1. The molecule has 0 aliphatic heterocycles. The van der Waals surface area contributed by atoms with Gasteiger partial charge in [-0.3, -0.25) is 0 Å². The summed E-state index contributed by atoms with van der Waals surface area (Å²) in [6.07, 6.45) is 8.33. The molecule has 1 aromatic rings. The predicted molar refractivity (Wildman–Crippen MR) is 83.4 cm³/mol. The molecule has 0 amide bonds. The molecule has 1 saturated carbocycles. The van der Waals surface area contributed by atoms with Crippen LogP contribution in [0.3, 0.4) is 0 Å². The van der Waals surface area contributed by atoms with Crippen LogP contribution in [0, 0.1) is 5.92 Å². The number of hydrogen-bond acceptors (Lipinski definition) is 1. The molecule has 1 N–H and O–H groups in total. The zero-order valence-electron chi connectivity index (χ0n) is 12.1. The molecule has 3 unspecified atom stereocenters. The minimum Gasteiger partial charge on any atom is -0.314 e. The summed E-state index contributed by atoms with van der Waals surface area (Å²) < 4.78 is 0. The van der Waals surface area contributed by atoms with E-state index in [0.717, 1.165) is 24.8 Å². The fourth-order valence-corrected chi connectivity index (χ4v) is 3.02. The Kier molecular flexibility index (Phi) is 5.65. The molecule has 2 rings (SSSR count). The summed E-state index contributed by atoms with van der Waals surface area (Å²) in [5, 5.41) is 3.76. The summed E-state index contributed by atoms with van der Waals surface area (Å²) in [7, 11) is 0. The van der Waals surface area contributed by atoms with Crippen LogP contribution in [0.1, 0.15) is 50.5 Å². The molecule has 104 valence electrons. The van der Waals surface area contributed by atoms with Crippen LogP contribution >= 0.6 is 0 Å². The van der Waals surface area contributed by atoms with Gasteiger partial charge < -0.3 is 5.32 Å². The first-order valence-corrected chi connectivity index (χ1v) is 7.76. The first-order chi connectivity index (χ1) is 9.36. The minimum absolute atomic E-state index is 0.699. The van der Waals surface area contributed by atoms with Crippen LogP contribution in [-0.4, -0.2) is 12.6 Å². The quantitative estimate of drug-likeness (QED) is 0.507. The third kappa shape index (κ3) is 4.21. The summed E-state index contributed by atoms with van der Waals surface area (Å²) in [5.74, 6) is 1.64. The van der Waals surface area contributed by atoms with E-state index in [9.17, 15) is 0 Å². The zero-order chi connectivity index (χ0) is 13.5. The molecule has 1 aliphatic rings. The Bertz CT molecular complexity index is 371. The van der Waals surface area contributed by atoms with E-state index in [1.54, 1.807) is 0 Å². The topological polar surface area (TPSA) is 12.0 Å². The lowest BCUT2D eigenvalue weighted by Gasteiger charge is -2.18. The van der Waals surface area contributed by atoms with Gasteiger partial charge in [-0.2, -0.15) is 0 Å². The highest BCUT2D eigenvalue weighted by Gasteiger charge is 2.42. The fraction of sp³-hybridized carbons (Fsp3) is 0.556. The van der Waals surface area contributed by atoms with E-state index in [4.69, 9.17) is 0 Å². The number of rotatable bonds is 9. The fourth-order valence-electron chi connectivity index (χ4n) is 3.02. The molecule has 0 radical (unpaired) electrons. The number of unbranched alkanes of at least 4 members (excludes halogenated alkanes) is 1. The van der Waals surface area contributed by atoms with Gasteiger partial charge in [-0.05, 0) is 56.0 Å². The molecule has 1 heteroatoms. The van der Waals surface area contributed by atoms with Gasteiger partial charge in [-0.1, -0.05) is 43.3 Å². The average molecular weight is 257 g/mol. The predicted octanol–water partition coefficient (Wildman–Crippen LogP) is 4.51. The number of benzene rings is 1. The van der Waals surface area contributed by atoms with E-state index in [-0.39, 0.29) is 0 Å². The lowest BCUT2D eigenvalue weighted by molar-refractivity contribution is 0.420. The molecule has 0 heterocycles. The first kappa shape index (κ1) is 14.3. The second-order valence-electron chi connectivity index (χ2n) is 5.70. The van der Waals surface area contributed by atoms with Crippen molar-refractivity contribution in [3.63, 3.8) is 0 Å². The molecule has 0 aromatic heterocycles. The van der Waals surface area contributed by atoms with Crippen molar-refractivity contribution in [3.8, 4) is 0 Å². The van der Waals surface area contributed by atoms with Crippen molar-refractivity contribution in [2.24, 2.45) is 5.92 Å². The molecule has 3 atom stereocenters. The Balaban J connectivity index is 1.87. The van der Waals surface area contributed by atoms with Crippen LogP contribution in [0.25, 0.3) is 0 Å². The Morgan fingerprint density at radius 1 is 1.37 bits per heavy atom. The van der Waals surface area contributed by atoms with Crippen molar-refractivity contribution in [3.05, 3.63) is 48.6 Å². The average Bonchev–Trinajstić information content (AvgIpc) is 3.24. The van der Waals surface area contributed by atoms with Gasteiger partial charge in [0.25, 0.3) is 0 Å². The Hall–Kier alpha value is -1.08. The van der Waals surface area contributed by atoms with Gasteiger partial charge in [0.15, 0.2) is 0 Å². The van der Waals surface area contributed by atoms with E-state index < -0.39 is 0 Å². The Morgan fingerprint density at radius 2 is 2.16 bits per heavy atom. The van der Waals surface area contributed by atoms with Crippen molar-refractivity contribution in [1.82, 2.24) is 5.32 Å².